The van der Waals surface area contributed by atoms with Gasteiger partial charge in [0.05, 0.1) is 25.3 Å². The molecule has 12 nitrogen and oxygen atoms in total. The predicted molar refractivity (Wildman–Crippen MR) is 138 cm³/mol. The molecule has 1 heterocycles. The Morgan fingerprint density at radius 3 is 2.32 bits per heavy atom. The lowest BCUT2D eigenvalue weighted by Gasteiger charge is -2.23. The Morgan fingerprint density at radius 2 is 1.76 bits per heavy atom. The summed E-state index contributed by atoms with van der Waals surface area (Å²) >= 11 is 0. The van der Waals surface area contributed by atoms with Crippen molar-refractivity contribution >= 4 is 36.0 Å². The number of esters is 1. The number of urea groups is 1. The molecule has 0 saturated carbocycles. The Labute approximate surface area is 219 Å². The average molecular weight is 526 g/mol. The van der Waals surface area contributed by atoms with Gasteiger partial charge in [-0.25, -0.2) is 4.79 Å². The van der Waals surface area contributed by atoms with Crippen molar-refractivity contribution in [1.29, 1.82) is 0 Å². The molecule has 1 aliphatic heterocycles. The molecule has 202 valence electrons. The summed E-state index contributed by atoms with van der Waals surface area (Å²) in [5.41, 5.74) is 0.648. The molecule has 12 heteroatoms. The van der Waals surface area contributed by atoms with Crippen LogP contribution in [0.15, 0.2) is 59.7 Å². The number of hydrogen-bond donors (Lipinski definition) is 4. The van der Waals surface area contributed by atoms with E-state index in [4.69, 9.17) is 20.5 Å². The van der Waals surface area contributed by atoms with Crippen molar-refractivity contribution in [3.05, 3.63) is 71.3 Å². The number of nitrogens with one attached hydrogen (secondary N) is 2. The van der Waals surface area contributed by atoms with Crippen molar-refractivity contribution in [3.63, 3.8) is 0 Å². The second-order valence-corrected chi connectivity index (χ2v) is 8.41. The first-order valence-corrected chi connectivity index (χ1v) is 11.7. The zero-order valence-corrected chi connectivity index (χ0v) is 21.3. The number of carboxylic acid groups (broad SMARTS) is 1. The summed E-state index contributed by atoms with van der Waals surface area (Å²) in [6, 6.07) is 14.4. The largest absolute Gasteiger partial charge is 0.481 e. The SMILES string of the molecule is CC(=O)O.CCOC(=O)C[C@H](NC(=O)CN1C(=O)N[C@@](C)(c2ccc(C=NN)cc2)C1=O)c1ccccc1. The molecule has 0 radical (unpaired) electrons. The van der Waals surface area contributed by atoms with E-state index in [0.717, 1.165) is 17.4 Å². The van der Waals surface area contributed by atoms with Gasteiger partial charge in [-0.1, -0.05) is 54.6 Å². The summed E-state index contributed by atoms with van der Waals surface area (Å²) in [5.74, 6) is 2.71. The smallest absolute Gasteiger partial charge is 0.325 e. The van der Waals surface area contributed by atoms with Crippen LogP contribution in [0.4, 0.5) is 4.79 Å². The predicted octanol–water partition coefficient (Wildman–Crippen LogP) is 1.65. The van der Waals surface area contributed by atoms with Gasteiger partial charge in [-0.15, -0.1) is 0 Å². The first-order valence-electron chi connectivity index (χ1n) is 11.7. The van der Waals surface area contributed by atoms with Gasteiger partial charge in [0.1, 0.15) is 12.1 Å². The number of amides is 4. The van der Waals surface area contributed by atoms with Crippen LogP contribution in [0.5, 0.6) is 0 Å². The second kappa shape index (κ2) is 13.5. The van der Waals surface area contributed by atoms with E-state index in [0.29, 0.717) is 11.1 Å². The van der Waals surface area contributed by atoms with Crippen molar-refractivity contribution < 1.29 is 33.8 Å². The van der Waals surface area contributed by atoms with Crippen LogP contribution in [0.1, 0.15) is 49.9 Å². The van der Waals surface area contributed by atoms with Gasteiger partial charge in [0.2, 0.25) is 5.91 Å². The van der Waals surface area contributed by atoms with Crippen LogP contribution < -0.4 is 16.5 Å². The molecule has 0 bridgehead atoms. The van der Waals surface area contributed by atoms with Gasteiger partial charge in [0, 0.05) is 6.92 Å². The third kappa shape index (κ3) is 7.88. The minimum Gasteiger partial charge on any atom is -0.481 e. The summed E-state index contributed by atoms with van der Waals surface area (Å²) in [6.07, 6.45) is 1.37. The second-order valence-electron chi connectivity index (χ2n) is 8.41. The number of carboxylic acids is 1. The number of hydrogen-bond acceptors (Lipinski definition) is 8. The Hall–Kier alpha value is -4.74. The summed E-state index contributed by atoms with van der Waals surface area (Å²) < 4.78 is 5.01. The number of benzene rings is 2. The van der Waals surface area contributed by atoms with Gasteiger partial charge in [0.15, 0.2) is 0 Å². The number of ether oxygens (including phenoxy) is 1. The molecule has 2 atom stereocenters. The maximum Gasteiger partial charge on any atom is 0.325 e. The van der Waals surface area contributed by atoms with Gasteiger partial charge in [0.25, 0.3) is 11.9 Å². The molecular formula is C26H31N5O7. The normalized spacial score (nSPS) is 17.3. The zero-order valence-electron chi connectivity index (χ0n) is 21.3. The first-order chi connectivity index (χ1) is 18.0. The number of carbonyl (C=O) groups excluding carboxylic acids is 4. The van der Waals surface area contributed by atoms with E-state index >= 15 is 0 Å². The van der Waals surface area contributed by atoms with Crippen LogP contribution in [0.2, 0.25) is 0 Å². The molecule has 38 heavy (non-hydrogen) atoms. The molecule has 0 aromatic heterocycles. The van der Waals surface area contributed by atoms with Gasteiger partial charge in [-0.2, -0.15) is 5.10 Å². The number of imide groups is 1. The molecular weight excluding hydrogens is 494 g/mol. The van der Waals surface area contributed by atoms with E-state index in [1.54, 1.807) is 62.4 Å². The third-order valence-corrected chi connectivity index (χ3v) is 5.50. The minimum absolute atomic E-state index is 0.0834. The Morgan fingerprint density at radius 1 is 1.16 bits per heavy atom. The number of nitrogens with two attached hydrogens (primary N) is 1. The van der Waals surface area contributed by atoms with Crippen molar-refractivity contribution in [1.82, 2.24) is 15.5 Å². The van der Waals surface area contributed by atoms with Crippen LogP contribution >= 0.6 is 0 Å². The standard InChI is InChI=1S/C24H27N5O5.C2H4O2/c1-3-34-21(31)13-19(17-7-5-4-6-8-17)27-20(30)15-29-22(32)24(2,28-23(29)33)18-11-9-16(10-12-18)14-26-25;1-2(3)4/h4-12,14,19H,3,13,15,25H2,1-2H3,(H,27,30)(H,28,33);1H3,(H,3,4)/t19-,24-;/m0./s1. The number of carbonyl (C=O) groups is 5. The molecule has 2 aromatic rings. The summed E-state index contributed by atoms with van der Waals surface area (Å²) in [6.45, 7) is 4.08. The van der Waals surface area contributed by atoms with Gasteiger partial charge in [-0.3, -0.25) is 24.1 Å². The van der Waals surface area contributed by atoms with Crippen LogP contribution in [-0.2, 0) is 29.5 Å². The highest BCUT2D eigenvalue weighted by Crippen LogP contribution is 2.29. The lowest BCUT2D eigenvalue weighted by Crippen LogP contribution is -2.44. The van der Waals surface area contributed by atoms with Crippen molar-refractivity contribution in [2.45, 2.75) is 38.8 Å². The first kappa shape index (κ1) is 29.5. The fourth-order valence-electron chi connectivity index (χ4n) is 3.73. The summed E-state index contributed by atoms with van der Waals surface area (Å²) in [7, 11) is 0. The molecule has 0 spiro atoms. The molecule has 3 rings (SSSR count). The van der Waals surface area contributed by atoms with E-state index in [1.807, 2.05) is 6.07 Å². The van der Waals surface area contributed by atoms with Gasteiger partial charge < -0.3 is 26.3 Å². The van der Waals surface area contributed by atoms with E-state index in [-0.39, 0.29) is 13.0 Å². The maximum absolute atomic E-state index is 13.1. The van der Waals surface area contributed by atoms with Crippen LogP contribution in [-0.4, -0.2) is 59.2 Å². The number of hydrazone groups is 1. The Bertz CT molecular complexity index is 1180. The number of rotatable bonds is 9. The number of aliphatic carboxylic acids is 1. The number of nitrogens with zero attached hydrogens (tertiary/aromatic N) is 2. The summed E-state index contributed by atoms with van der Waals surface area (Å²) in [4.78, 5) is 60.5. The van der Waals surface area contributed by atoms with Crippen LogP contribution in [0.25, 0.3) is 0 Å². The topological polar surface area (TPSA) is 180 Å². The van der Waals surface area contributed by atoms with E-state index in [2.05, 4.69) is 15.7 Å². The van der Waals surface area contributed by atoms with E-state index in [1.165, 1.54) is 6.21 Å². The van der Waals surface area contributed by atoms with Crippen molar-refractivity contribution in [3.8, 4) is 0 Å². The third-order valence-electron chi connectivity index (χ3n) is 5.50. The Kier molecular flexibility index (Phi) is 10.5. The molecule has 2 aromatic carbocycles. The van der Waals surface area contributed by atoms with E-state index in [9.17, 15) is 19.2 Å². The van der Waals surface area contributed by atoms with Crippen LogP contribution in [0.3, 0.4) is 0 Å². The minimum atomic E-state index is -1.33. The fourth-order valence-corrected chi connectivity index (χ4v) is 3.73. The molecule has 4 amide bonds. The fraction of sp³-hybridized carbons (Fsp3) is 0.308. The average Bonchev–Trinajstić information content (AvgIpc) is 3.08. The quantitative estimate of drug-likeness (QED) is 0.125. The molecule has 1 aliphatic rings. The summed E-state index contributed by atoms with van der Waals surface area (Å²) in [5, 5.41) is 16.3. The van der Waals surface area contributed by atoms with Crippen LogP contribution in [0, 0.1) is 0 Å². The highest BCUT2D eigenvalue weighted by molar-refractivity contribution is 6.09. The zero-order chi connectivity index (χ0) is 28.3. The highest BCUT2D eigenvalue weighted by Gasteiger charge is 2.49. The van der Waals surface area contributed by atoms with Crippen molar-refractivity contribution in [2.24, 2.45) is 10.9 Å². The molecule has 5 N–H and O–H groups in total. The molecule has 0 unspecified atom stereocenters. The lowest BCUT2D eigenvalue weighted by molar-refractivity contribution is -0.144. The van der Waals surface area contributed by atoms with Crippen molar-refractivity contribution in [2.75, 3.05) is 13.2 Å². The van der Waals surface area contributed by atoms with Gasteiger partial charge in [-0.05, 0) is 30.5 Å². The molecule has 0 aliphatic carbocycles. The maximum atomic E-state index is 13.1. The lowest BCUT2D eigenvalue weighted by atomic mass is 9.91. The van der Waals surface area contributed by atoms with E-state index < -0.39 is 47.9 Å². The monoisotopic (exact) mass is 525 g/mol. The highest BCUT2D eigenvalue weighted by atomic mass is 16.5. The molecule has 1 fully saturated rings. The Balaban J connectivity index is 0.00000118. The van der Waals surface area contributed by atoms with Gasteiger partial charge >= 0.3 is 12.0 Å². The molecule has 1 saturated heterocycles.